The molecule has 0 aliphatic heterocycles. The van der Waals surface area contributed by atoms with Gasteiger partial charge < -0.3 is 15.2 Å². The fraction of sp³-hybridized carbons (Fsp3) is 0.667. The van der Waals surface area contributed by atoms with Crippen molar-refractivity contribution in [2.75, 3.05) is 19.6 Å². The highest BCUT2D eigenvalue weighted by Gasteiger charge is 2.20. The van der Waals surface area contributed by atoms with E-state index in [4.69, 9.17) is 0 Å². The molecule has 0 amide bonds. The molecule has 1 aromatic rings. The average molecular weight is 235 g/mol. The first kappa shape index (κ1) is 12.0. The minimum atomic E-state index is 0.833. The van der Waals surface area contributed by atoms with Crippen molar-refractivity contribution in [3.05, 3.63) is 18.7 Å². The van der Waals surface area contributed by atoms with Gasteiger partial charge in [0.2, 0.25) is 0 Å². The molecule has 5 nitrogen and oxygen atoms in total. The van der Waals surface area contributed by atoms with E-state index in [1.54, 1.807) is 6.20 Å². The monoisotopic (exact) mass is 235 g/mol. The number of aromatic nitrogens is 2. The second-order valence-corrected chi connectivity index (χ2v) is 4.39. The van der Waals surface area contributed by atoms with E-state index in [0.29, 0.717) is 0 Å². The summed E-state index contributed by atoms with van der Waals surface area (Å²) in [5.74, 6) is 1.76. The van der Waals surface area contributed by atoms with E-state index in [1.165, 1.54) is 12.8 Å². The van der Waals surface area contributed by atoms with Crippen molar-refractivity contribution in [2.24, 2.45) is 10.9 Å². The lowest BCUT2D eigenvalue weighted by Gasteiger charge is -2.11. The van der Waals surface area contributed by atoms with Gasteiger partial charge in [-0.15, -0.1) is 0 Å². The quantitative estimate of drug-likeness (QED) is 0.568. The summed E-state index contributed by atoms with van der Waals surface area (Å²) in [4.78, 5) is 8.58. The predicted molar refractivity (Wildman–Crippen MR) is 68.9 cm³/mol. The lowest BCUT2D eigenvalue weighted by Crippen LogP contribution is -2.39. The summed E-state index contributed by atoms with van der Waals surface area (Å²) < 4.78 is 2.05. The van der Waals surface area contributed by atoms with Crippen molar-refractivity contribution < 1.29 is 0 Å². The molecule has 1 saturated carbocycles. The van der Waals surface area contributed by atoms with Crippen molar-refractivity contribution in [1.29, 1.82) is 0 Å². The number of aliphatic imine (C=N–C) groups is 1. The molecule has 17 heavy (non-hydrogen) atoms. The fourth-order valence-electron chi connectivity index (χ4n) is 1.58. The van der Waals surface area contributed by atoms with Crippen molar-refractivity contribution in [2.45, 2.75) is 26.3 Å². The van der Waals surface area contributed by atoms with Crippen LogP contribution in [0.4, 0.5) is 0 Å². The summed E-state index contributed by atoms with van der Waals surface area (Å²) >= 11 is 0. The lowest BCUT2D eigenvalue weighted by molar-refractivity contribution is 0.660. The maximum Gasteiger partial charge on any atom is 0.191 e. The van der Waals surface area contributed by atoms with Crippen molar-refractivity contribution in [3.63, 3.8) is 0 Å². The second kappa shape index (κ2) is 6.27. The Morgan fingerprint density at radius 2 is 2.35 bits per heavy atom. The fourth-order valence-corrected chi connectivity index (χ4v) is 1.58. The van der Waals surface area contributed by atoms with Crippen LogP contribution < -0.4 is 10.6 Å². The van der Waals surface area contributed by atoms with Crippen LogP contribution in [-0.4, -0.2) is 35.1 Å². The maximum absolute atomic E-state index is 4.56. The van der Waals surface area contributed by atoms with Crippen molar-refractivity contribution >= 4 is 5.96 Å². The molecule has 0 unspecified atom stereocenters. The molecule has 1 aliphatic rings. The van der Waals surface area contributed by atoms with Crippen LogP contribution in [0.2, 0.25) is 0 Å². The smallest absolute Gasteiger partial charge is 0.191 e. The zero-order valence-corrected chi connectivity index (χ0v) is 10.4. The molecular weight excluding hydrogens is 214 g/mol. The Hall–Kier alpha value is -1.52. The third-order valence-electron chi connectivity index (χ3n) is 2.77. The summed E-state index contributed by atoms with van der Waals surface area (Å²) in [5, 5.41) is 6.59. The van der Waals surface area contributed by atoms with Gasteiger partial charge >= 0.3 is 0 Å². The first-order chi connectivity index (χ1) is 8.38. The summed E-state index contributed by atoms with van der Waals surface area (Å²) in [5.41, 5.74) is 0. The number of guanidine groups is 1. The number of hydrogen-bond acceptors (Lipinski definition) is 2. The van der Waals surface area contributed by atoms with Gasteiger partial charge in [0.1, 0.15) is 0 Å². The highest BCUT2D eigenvalue weighted by atomic mass is 15.2. The molecule has 0 aromatic carbocycles. The van der Waals surface area contributed by atoms with Crippen LogP contribution in [0, 0.1) is 5.92 Å². The third-order valence-corrected chi connectivity index (χ3v) is 2.77. The highest BCUT2D eigenvalue weighted by molar-refractivity contribution is 5.79. The number of hydrogen-bond donors (Lipinski definition) is 2. The summed E-state index contributed by atoms with van der Waals surface area (Å²) in [7, 11) is 0. The summed E-state index contributed by atoms with van der Waals surface area (Å²) in [6.07, 6.45) is 8.29. The van der Waals surface area contributed by atoms with E-state index in [0.717, 1.165) is 38.1 Å². The number of imidazole rings is 1. The van der Waals surface area contributed by atoms with E-state index >= 15 is 0 Å². The molecule has 5 heteroatoms. The van der Waals surface area contributed by atoms with E-state index in [1.807, 2.05) is 12.5 Å². The van der Waals surface area contributed by atoms with Crippen LogP contribution >= 0.6 is 0 Å². The van der Waals surface area contributed by atoms with Gasteiger partial charge in [-0.3, -0.25) is 4.99 Å². The topological polar surface area (TPSA) is 54.2 Å². The van der Waals surface area contributed by atoms with Gasteiger partial charge in [-0.25, -0.2) is 4.98 Å². The van der Waals surface area contributed by atoms with Gasteiger partial charge in [-0.1, -0.05) is 0 Å². The minimum Gasteiger partial charge on any atom is -0.357 e. The Morgan fingerprint density at radius 3 is 3.00 bits per heavy atom. The molecule has 0 radical (unpaired) electrons. The van der Waals surface area contributed by atoms with Crippen LogP contribution in [-0.2, 0) is 6.54 Å². The van der Waals surface area contributed by atoms with Crippen molar-refractivity contribution in [3.8, 4) is 0 Å². The molecule has 1 aliphatic carbocycles. The Balaban J connectivity index is 1.70. The third kappa shape index (κ3) is 4.46. The van der Waals surface area contributed by atoms with E-state index in [2.05, 4.69) is 32.1 Å². The molecule has 1 heterocycles. The average Bonchev–Trinajstić information content (AvgIpc) is 3.02. The molecule has 1 aromatic heterocycles. The first-order valence-corrected chi connectivity index (χ1v) is 6.36. The van der Waals surface area contributed by atoms with Crippen LogP contribution in [0.15, 0.2) is 23.7 Å². The highest BCUT2D eigenvalue weighted by Crippen LogP contribution is 2.28. The van der Waals surface area contributed by atoms with Gasteiger partial charge in [0.15, 0.2) is 5.96 Å². The minimum absolute atomic E-state index is 0.833. The van der Waals surface area contributed by atoms with Crippen LogP contribution in [0.25, 0.3) is 0 Å². The van der Waals surface area contributed by atoms with Gasteiger partial charge in [-0.2, -0.15) is 0 Å². The molecule has 2 rings (SSSR count). The number of rotatable bonds is 6. The Bertz CT molecular complexity index is 340. The van der Waals surface area contributed by atoms with Crippen LogP contribution in [0.1, 0.15) is 19.8 Å². The summed E-state index contributed by atoms with van der Waals surface area (Å²) in [6.45, 7) is 5.73. The Morgan fingerprint density at radius 1 is 1.47 bits per heavy atom. The van der Waals surface area contributed by atoms with E-state index in [-0.39, 0.29) is 0 Å². The molecular formula is C12H21N5. The predicted octanol–water partition coefficient (Wildman–Crippen LogP) is 0.848. The van der Waals surface area contributed by atoms with Crippen LogP contribution in [0.5, 0.6) is 0 Å². The lowest BCUT2D eigenvalue weighted by atomic mass is 10.4. The van der Waals surface area contributed by atoms with Crippen LogP contribution in [0.3, 0.4) is 0 Å². The largest absolute Gasteiger partial charge is 0.357 e. The summed E-state index contributed by atoms with van der Waals surface area (Å²) in [6, 6.07) is 0. The first-order valence-electron chi connectivity index (χ1n) is 6.36. The zero-order chi connectivity index (χ0) is 11.9. The van der Waals surface area contributed by atoms with E-state index < -0.39 is 0 Å². The Labute approximate surface area is 102 Å². The normalized spacial score (nSPS) is 15.9. The van der Waals surface area contributed by atoms with E-state index in [9.17, 15) is 0 Å². The molecule has 0 bridgehead atoms. The SMILES string of the molecule is CCNC(=NCC1CC1)NCCn1ccnc1. The molecule has 0 saturated heterocycles. The second-order valence-electron chi connectivity index (χ2n) is 4.39. The van der Waals surface area contributed by atoms with Gasteiger partial charge in [-0.05, 0) is 25.7 Å². The van der Waals surface area contributed by atoms with Crippen molar-refractivity contribution in [1.82, 2.24) is 20.2 Å². The van der Waals surface area contributed by atoms with Gasteiger partial charge in [0.05, 0.1) is 6.33 Å². The zero-order valence-electron chi connectivity index (χ0n) is 10.4. The van der Waals surface area contributed by atoms with Gasteiger partial charge in [0, 0.05) is 38.6 Å². The molecule has 94 valence electrons. The molecule has 0 atom stereocenters. The molecule has 1 fully saturated rings. The Kier molecular flexibility index (Phi) is 4.41. The molecule has 2 N–H and O–H groups in total. The maximum atomic E-state index is 4.56. The molecule has 0 spiro atoms. The number of nitrogens with zero attached hydrogens (tertiary/aromatic N) is 3. The van der Waals surface area contributed by atoms with Gasteiger partial charge in [0.25, 0.3) is 0 Å². The standard InChI is InChI=1S/C12H21N5/c1-2-14-12(16-9-11-3-4-11)15-6-8-17-7-5-13-10-17/h5,7,10-11H,2-4,6,8-9H2,1H3,(H2,14,15,16). The number of nitrogens with one attached hydrogen (secondary N) is 2.